The Balaban J connectivity index is 2.05. The van der Waals surface area contributed by atoms with Crippen molar-refractivity contribution in [3.05, 3.63) is 28.2 Å². The van der Waals surface area contributed by atoms with Crippen LogP contribution in [-0.4, -0.2) is 44.9 Å². The van der Waals surface area contributed by atoms with Crippen LogP contribution in [-0.2, 0) is 0 Å². The van der Waals surface area contributed by atoms with E-state index in [0.717, 1.165) is 47.6 Å². The summed E-state index contributed by atoms with van der Waals surface area (Å²) in [6.45, 7) is 3.23. The number of hydrogen-bond acceptors (Lipinski definition) is 3. The summed E-state index contributed by atoms with van der Waals surface area (Å²) in [7, 11) is 4.26. The molecule has 19 heavy (non-hydrogen) atoms. The minimum atomic E-state index is 0.776. The van der Waals surface area contributed by atoms with Crippen LogP contribution < -0.4 is 4.90 Å². The van der Waals surface area contributed by atoms with Crippen molar-refractivity contribution in [2.45, 2.75) is 12.8 Å². The van der Waals surface area contributed by atoms with Gasteiger partial charge in [0.25, 0.3) is 0 Å². The Labute approximate surface area is 123 Å². The molecule has 0 atom stereocenters. The van der Waals surface area contributed by atoms with Crippen LogP contribution in [0.4, 0.5) is 5.69 Å². The zero-order valence-corrected chi connectivity index (χ0v) is 13.2. The van der Waals surface area contributed by atoms with Gasteiger partial charge in [-0.05, 0) is 51.1 Å². The van der Waals surface area contributed by atoms with Crippen molar-refractivity contribution in [2.24, 2.45) is 5.92 Å². The molecule has 1 heterocycles. The molecule has 4 heteroatoms. The first-order valence-corrected chi connectivity index (χ1v) is 7.54. The number of hydrogen-bond donors (Lipinski definition) is 0. The van der Waals surface area contributed by atoms with E-state index in [1.165, 1.54) is 12.8 Å². The smallest absolute Gasteiger partial charge is 0.152 e. The van der Waals surface area contributed by atoms with E-state index in [-0.39, 0.29) is 0 Å². The summed E-state index contributed by atoms with van der Waals surface area (Å²) < 4.78 is 1.03. The third-order valence-electron chi connectivity index (χ3n) is 3.70. The number of benzene rings is 1. The zero-order valence-electron chi connectivity index (χ0n) is 11.6. The molecule has 1 fully saturated rings. The Morgan fingerprint density at radius 1 is 1.37 bits per heavy atom. The van der Waals surface area contributed by atoms with E-state index in [9.17, 15) is 4.79 Å². The van der Waals surface area contributed by atoms with Crippen molar-refractivity contribution in [2.75, 3.05) is 38.6 Å². The first kappa shape index (κ1) is 14.5. The highest BCUT2D eigenvalue weighted by Gasteiger charge is 2.21. The summed E-state index contributed by atoms with van der Waals surface area (Å²) in [5, 5.41) is 0. The highest BCUT2D eigenvalue weighted by Crippen LogP contribution is 2.28. The molecule has 0 radical (unpaired) electrons. The van der Waals surface area contributed by atoms with Gasteiger partial charge < -0.3 is 9.80 Å². The number of anilines is 1. The first-order chi connectivity index (χ1) is 9.10. The predicted octanol–water partition coefficient (Wildman–Crippen LogP) is 3.04. The molecular formula is C15H21BrN2O. The minimum absolute atomic E-state index is 0.776. The molecule has 0 unspecified atom stereocenters. The van der Waals surface area contributed by atoms with Gasteiger partial charge in [-0.25, -0.2) is 0 Å². The largest absolute Gasteiger partial charge is 0.371 e. The molecule has 0 amide bonds. The molecule has 1 saturated heterocycles. The van der Waals surface area contributed by atoms with Crippen molar-refractivity contribution < 1.29 is 4.79 Å². The molecule has 3 nitrogen and oxygen atoms in total. The lowest BCUT2D eigenvalue weighted by Gasteiger charge is -2.35. The minimum Gasteiger partial charge on any atom is -0.371 e. The molecule has 0 aromatic heterocycles. The topological polar surface area (TPSA) is 23.6 Å². The maximum absolute atomic E-state index is 11.1. The van der Waals surface area contributed by atoms with Gasteiger partial charge in [-0.15, -0.1) is 0 Å². The molecule has 1 aromatic rings. The van der Waals surface area contributed by atoms with E-state index in [1.54, 1.807) is 0 Å². The lowest BCUT2D eigenvalue weighted by Crippen LogP contribution is -2.37. The molecule has 0 spiro atoms. The van der Waals surface area contributed by atoms with Crippen LogP contribution in [0, 0.1) is 5.92 Å². The Hall–Kier alpha value is -0.870. The maximum atomic E-state index is 11.1. The normalized spacial score (nSPS) is 16.9. The highest BCUT2D eigenvalue weighted by molar-refractivity contribution is 9.10. The van der Waals surface area contributed by atoms with Crippen molar-refractivity contribution in [3.63, 3.8) is 0 Å². The van der Waals surface area contributed by atoms with Gasteiger partial charge in [-0.2, -0.15) is 0 Å². The summed E-state index contributed by atoms with van der Waals surface area (Å²) in [4.78, 5) is 15.7. The Morgan fingerprint density at radius 2 is 2.05 bits per heavy atom. The van der Waals surface area contributed by atoms with E-state index < -0.39 is 0 Å². The molecule has 0 saturated carbocycles. The molecule has 1 aromatic carbocycles. The van der Waals surface area contributed by atoms with Crippen molar-refractivity contribution in [1.82, 2.24) is 4.90 Å². The molecule has 0 bridgehead atoms. The number of carbonyl (C=O) groups is 1. The van der Waals surface area contributed by atoms with Gasteiger partial charge in [-0.1, -0.05) is 15.9 Å². The first-order valence-electron chi connectivity index (χ1n) is 6.74. The average Bonchev–Trinajstić information content (AvgIpc) is 2.39. The fourth-order valence-electron chi connectivity index (χ4n) is 2.76. The molecule has 104 valence electrons. The van der Waals surface area contributed by atoms with Crippen molar-refractivity contribution in [3.8, 4) is 0 Å². The van der Waals surface area contributed by atoms with Crippen LogP contribution in [0.5, 0.6) is 0 Å². The maximum Gasteiger partial charge on any atom is 0.152 e. The number of halogens is 1. The lowest BCUT2D eigenvalue weighted by atomic mass is 9.95. The summed E-state index contributed by atoms with van der Waals surface area (Å²) in [6.07, 6.45) is 3.35. The third-order valence-corrected chi connectivity index (χ3v) is 4.19. The van der Waals surface area contributed by atoms with E-state index in [2.05, 4.69) is 45.9 Å². The second-order valence-corrected chi connectivity index (χ2v) is 6.43. The van der Waals surface area contributed by atoms with Crippen molar-refractivity contribution >= 4 is 27.9 Å². The van der Waals surface area contributed by atoms with Crippen LogP contribution >= 0.6 is 15.9 Å². The van der Waals surface area contributed by atoms with Crippen molar-refractivity contribution in [1.29, 1.82) is 0 Å². The van der Waals surface area contributed by atoms with Crippen LogP contribution in [0.15, 0.2) is 22.7 Å². The number of rotatable bonds is 4. The van der Waals surface area contributed by atoms with Crippen LogP contribution in [0.1, 0.15) is 23.2 Å². The Bertz CT molecular complexity index is 440. The second-order valence-electron chi connectivity index (χ2n) is 5.51. The fraction of sp³-hybridized carbons (Fsp3) is 0.533. The van der Waals surface area contributed by atoms with E-state index in [4.69, 9.17) is 0 Å². The van der Waals surface area contributed by atoms with Gasteiger partial charge in [-0.3, -0.25) is 4.79 Å². The summed E-state index contributed by atoms with van der Waals surface area (Å²) in [5.41, 5.74) is 1.85. The van der Waals surface area contributed by atoms with Gasteiger partial charge in [0.2, 0.25) is 0 Å². The lowest BCUT2D eigenvalue weighted by molar-refractivity contribution is 0.112. The monoisotopic (exact) mass is 324 g/mol. The molecule has 0 N–H and O–H groups in total. The molecule has 0 aliphatic carbocycles. The Kier molecular flexibility index (Phi) is 4.99. The molecule has 2 rings (SSSR count). The zero-order chi connectivity index (χ0) is 13.8. The number of carbonyl (C=O) groups excluding carboxylic acids is 1. The standard InChI is InChI=1S/C15H21BrN2O/c1-17(2)10-12-5-7-18(8-6-12)15-9-14(16)4-3-13(15)11-19/h3-4,9,11-12H,5-8,10H2,1-2H3. The predicted molar refractivity (Wildman–Crippen MR) is 83.0 cm³/mol. The summed E-state index contributed by atoms with van der Waals surface area (Å²) in [5.74, 6) is 0.776. The Morgan fingerprint density at radius 3 is 2.63 bits per heavy atom. The van der Waals surface area contributed by atoms with Crippen LogP contribution in [0.2, 0.25) is 0 Å². The molecular weight excluding hydrogens is 304 g/mol. The molecule has 1 aliphatic rings. The van der Waals surface area contributed by atoms with Gasteiger partial charge in [0, 0.05) is 35.4 Å². The number of piperidine rings is 1. The van der Waals surface area contributed by atoms with E-state index in [1.807, 2.05) is 12.1 Å². The van der Waals surface area contributed by atoms with Gasteiger partial charge in [0.05, 0.1) is 0 Å². The van der Waals surface area contributed by atoms with E-state index in [0.29, 0.717) is 0 Å². The van der Waals surface area contributed by atoms with Gasteiger partial charge >= 0.3 is 0 Å². The SMILES string of the molecule is CN(C)CC1CCN(c2cc(Br)ccc2C=O)CC1. The van der Waals surface area contributed by atoms with Gasteiger partial charge in [0.15, 0.2) is 6.29 Å². The number of aldehydes is 1. The van der Waals surface area contributed by atoms with Crippen LogP contribution in [0.25, 0.3) is 0 Å². The van der Waals surface area contributed by atoms with Crippen LogP contribution in [0.3, 0.4) is 0 Å². The average molecular weight is 325 g/mol. The third kappa shape index (κ3) is 3.80. The second kappa shape index (κ2) is 6.53. The summed E-state index contributed by atoms with van der Waals surface area (Å²) >= 11 is 3.49. The quantitative estimate of drug-likeness (QED) is 0.795. The van der Waals surface area contributed by atoms with Gasteiger partial charge in [0.1, 0.15) is 0 Å². The van der Waals surface area contributed by atoms with E-state index >= 15 is 0 Å². The fourth-order valence-corrected chi connectivity index (χ4v) is 3.11. The number of nitrogens with zero attached hydrogens (tertiary/aromatic N) is 2. The molecule has 1 aliphatic heterocycles. The highest BCUT2D eigenvalue weighted by atomic mass is 79.9. The summed E-state index contributed by atoms with van der Waals surface area (Å²) in [6, 6.07) is 5.86.